The predicted octanol–water partition coefficient (Wildman–Crippen LogP) is 4.91. The van der Waals surface area contributed by atoms with Gasteiger partial charge in [-0.15, -0.1) is 0 Å². The summed E-state index contributed by atoms with van der Waals surface area (Å²) >= 11 is 0. The van der Waals surface area contributed by atoms with Crippen LogP contribution in [0.1, 0.15) is 47.6 Å². The van der Waals surface area contributed by atoms with Crippen LogP contribution in [0.25, 0.3) is 0 Å². The number of hydrogen-bond acceptors (Lipinski definition) is 4. The molecule has 10 heteroatoms. The Hall–Kier alpha value is -2.30. The van der Waals surface area contributed by atoms with Gasteiger partial charge in [-0.1, -0.05) is 19.1 Å². The third-order valence-corrected chi connectivity index (χ3v) is 5.55. The summed E-state index contributed by atoms with van der Waals surface area (Å²) in [5.74, 6) is -0.377. The maximum Gasteiger partial charge on any atom is 0.419 e. The molecular formula is C24H29F6NO3. The van der Waals surface area contributed by atoms with Crippen molar-refractivity contribution in [3.05, 3.63) is 64.2 Å². The number of aliphatic hydroxyl groups is 2. The minimum absolute atomic E-state index is 0.0776. The van der Waals surface area contributed by atoms with E-state index in [9.17, 15) is 36.6 Å². The molecule has 0 saturated heterocycles. The molecule has 0 unspecified atom stereocenters. The smallest absolute Gasteiger partial charge is 0.419 e. The van der Waals surface area contributed by atoms with Crippen LogP contribution in [0.4, 0.5) is 26.3 Å². The van der Waals surface area contributed by atoms with Crippen LogP contribution in [0.2, 0.25) is 0 Å². The van der Waals surface area contributed by atoms with Gasteiger partial charge in [-0.25, -0.2) is 0 Å². The summed E-state index contributed by atoms with van der Waals surface area (Å²) in [7, 11) is 0. The number of benzene rings is 2. The van der Waals surface area contributed by atoms with Gasteiger partial charge in [-0.3, -0.25) is 0 Å². The van der Waals surface area contributed by atoms with E-state index in [-0.39, 0.29) is 38.0 Å². The van der Waals surface area contributed by atoms with Crippen molar-refractivity contribution in [2.45, 2.75) is 56.9 Å². The lowest BCUT2D eigenvalue weighted by Gasteiger charge is -2.24. The topological polar surface area (TPSA) is 75.7 Å². The van der Waals surface area contributed by atoms with Crippen molar-refractivity contribution in [1.82, 2.24) is 0 Å². The standard InChI is InChI=1S/C24H29F6NO3/c1-2-16-10-18(12-19(11-16)23(25,26)27)4-3-9-34-21-6-5-17(13-20(21)24(28,29)30)7-8-22(31,14-32)15-33/h5-6,10-13,32-33H,2-4,7-9,14-15,31H2,1H3. The normalized spacial score (nSPS) is 12.8. The molecule has 0 saturated carbocycles. The Balaban J connectivity index is 2.07. The summed E-state index contributed by atoms with van der Waals surface area (Å²) in [6.07, 6.45) is -8.10. The number of rotatable bonds is 11. The van der Waals surface area contributed by atoms with Crippen LogP contribution >= 0.6 is 0 Å². The van der Waals surface area contributed by atoms with E-state index in [1.54, 1.807) is 13.0 Å². The van der Waals surface area contributed by atoms with Crippen LogP contribution < -0.4 is 10.5 Å². The summed E-state index contributed by atoms with van der Waals surface area (Å²) in [5.41, 5.74) is 4.03. The van der Waals surface area contributed by atoms with Crippen LogP contribution in [0, 0.1) is 0 Å². The van der Waals surface area contributed by atoms with E-state index in [1.165, 1.54) is 12.1 Å². The van der Waals surface area contributed by atoms with Crippen LogP contribution in [0.15, 0.2) is 36.4 Å². The highest BCUT2D eigenvalue weighted by atomic mass is 19.4. The molecule has 0 spiro atoms. The molecule has 2 aromatic carbocycles. The average Bonchev–Trinajstić information content (AvgIpc) is 2.79. The van der Waals surface area contributed by atoms with Crippen LogP contribution in [0.5, 0.6) is 5.75 Å². The molecule has 0 aliphatic rings. The highest BCUT2D eigenvalue weighted by Crippen LogP contribution is 2.37. The third-order valence-electron chi connectivity index (χ3n) is 5.55. The second-order valence-electron chi connectivity index (χ2n) is 8.35. The van der Waals surface area contributed by atoms with Gasteiger partial charge in [-0.2, -0.15) is 26.3 Å². The number of aryl methyl sites for hydroxylation is 3. The predicted molar refractivity (Wildman–Crippen MR) is 115 cm³/mol. The van der Waals surface area contributed by atoms with Crippen LogP contribution in [-0.2, 0) is 31.6 Å². The van der Waals surface area contributed by atoms with Gasteiger partial charge < -0.3 is 20.7 Å². The summed E-state index contributed by atoms with van der Waals surface area (Å²) in [4.78, 5) is 0. The van der Waals surface area contributed by atoms with Crippen molar-refractivity contribution in [2.24, 2.45) is 5.73 Å². The number of alkyl halides is 6. The molecule has 0 atom stereocenters. The van der Waals surface area contributed by atoms with Gasteiger partial charge in [0.2, 0.25) is 0 Å². The monoisotopic (exact) mass is 493 g/mol. The fourth-order valence-electron chi connectivity index (χ4n) is 3.41. The molecule has 34 heavy (non-hydrogen) atoms. The van der Waals surface area contributed by atoms with E-state index in [0.29, 0.717) is 23.1 Å². The average molecular weight is 493 g/mol. The molecule has 0 fully saturated rings. The number of ether oxygens (including phenoxy) is 1. The zero-order chi connectivity index (χ0) is 25.6. The molecule has 0 amide bonds. The third kappa shape index (κ3) is 7.89. The molecular weight excluding hydrogens is 464 g/mol. The molecule has 0 radical (unpaired) electrons. The van der Waals surface area contributed by atoms with Gasteiger partial charge in [-0.05, 0) is 73.1 Å². The van der Waals surface area contributed by atoms with E-state index in [1.807, 2.05) is 0 Å². The minimum Gasteiger partial charge on any atom is -0.493 e. The van der Waals surface area contributed by atoms with Crippen molar-refractivity contribution in [3.63, 3.8) is 0 Å². The number of hydrogen-bond donors (Lipinski definition) is 3. The molecule has 0 heterocycles. The Morgan fingerprint density at radius 3 is 2.03 bits per heavy atom. The highest BCUT2D eigenvalue weighted by Gasteiger charge is 2.35. The number of aliphatic hydroxyl groups excluding tert-OH is 2. The first kappa shape index (κ1) is 27.9. The lowest BCUT2D eigenvalue weighted by Crippen LogP contribution is -2.47. The largest absolute Gasteiger partial charge is 0.493 e. The van der Waals surface area contributed by atoms with E-state index in [0.717, 1.165) is 18.2 Å². The van der Waals surface area contributed by atoms with Gasteiger partial charge in [0.25, 0.3) is 0 Å². The molecule has 0 aliphatic heterocycles. The molecule has 0 bridgehead atoms. The Morgan fingerprint density at radius 1 is 0.824 bits per heavy atom. The molecule has 2 aromatic rings. The molecule has 2 rings (SSSR count). The van der Waals surface area contributed by atoms with E-state index in [2.05, 4.69) is 0 Å². The molecule has 0 aliphatic carbocycles. The van der Waals surface area contributed by atoms with E-state index in [4.69, 9.17) is 10.5 Å². The SMILES string of the molecule is CCc1cc(CCCOc2ccc(CCC(N)(CO)CO)cc2C(F)(F)F)cc(C(F)(F)F)c1. The first-order valence-electron chi connectivity index (χ1n) is 10.8. The second-order valence-corrected chi connectivity index (χ2v) is 8.35. The summed E-state index contributed by atoms with van der Waals surface area (Å²) in [6.45, 7) is 0.609. The first-order chi connectivity index (χ1) is 15.8. The molecule has 0 aromatic heterocycles. The summed E-state index contributed by atoms with van der Waals surface area (Å²) in [5, 5.41) is 18.5. The number of nitrogens with two attached hydrogens (primary N) is 1. The van der Waals surface area contributed by atoms with Crippen molar-refractivity contribution in [2.75, 3.05) is 19.8 Å². The molecule has 4 nitrogen and oxygen atoms in total. The van der Waals surface area contributed by atoms with Gasteiger partial charge in [0.1, 0.15) is 5.75 Å². The first-order valence-corrected chi connectivity index (χ1v) is 10.8. The Labute approximate surface area is 194 Å². The zero-order valence-corrected chi connectivity index (χ0v) is 18.8. The van der Waals surface area contributed by atoms with Crippen LogP contribution in [0.3, 0.4) is 0 Å². The second kappa shape index (κ2) is 11.4. The fraction of sp³-hybridized carbons (Fsp3) is 0.500. The highest BCUT2D eigenvalue weighted by molar-refractivity contribution is 5.39. The summed E-state index contributed by atoms with van der Waals surface area (Å²) in [6, 6.07) is 7.36. The van der Waals surface area contributed by atoms with Gasteiger partial charge in [0.05, 0.1) is 36.5 Å². The maximum atomic E-state index is 13.6. The quantitative estimate of drug-likeness (QED) is 0.307. The van der Waals surface area contributed by atoms with E-state index >= 15 is 0 Å². The lowest BCUT2D eigenvalue weighted by molar-refractivity contribution is -0.139. The Morgan fingerprint density at radius 2 is 1.47 bits per heavy atom. The Kier molecular flexibility index (Phi) is 9.38. The van der Waals surface area contributed by atoms with E-state index < -0.39 is 42.2 Å². The molecule has 190 valence electrons. The maximum absolute atomic E-state index is 13.6. The van der Waals surface area contributed by atoms with Gasteiger partial charge >= 0.3 is 12.4 Å². The minimum atomic E-state index is -4.68. The van der Waals surface area contributed by atoms with Crippen LogP contribution in [-0.4, -0.2) is 35.6 Å². The fourth-order valence-corrected chi connectivity index (χ4v) is 3.41. The van der Waals surface area contributed by atoms with Crippen molar-refractivity contribution >= 4 is 0 Å². The lowest BCUT2D eigenvalue weighted by atomic mass is 9.93. The molecule has 4 N–H and O–H groups in total. The summed E-state index contributed by atoms with van der Waals surface area (Å²) < 4.78 is 85.2. The van der Waals surface area contributed by atoms with Gasteiger partial charge in [0, 0.05) is 0 Å². The number of halogens is 6. The zero-order valence-electron chi connectivity index (χ0n) is 18.8. The Bertz CT molecular complexity index is 939. The van der Waals surface area contributed by atoms with Gasteiger partial charge in [0.15, 0.2) is 0 Å². The van der Waals surface area contributed by atoms with Crippen molar-refractivity contribution in [3.8, 4) is 5.75 Å². The van der Waals surface area contributed by atoms with Crippen molar-refractivity contribution in [1.29, 1.82) is 0 Å². The van der Waals surface area contributed by atoms with Crippen molar-refractivity contribution < 1.29 is 41.3 Å².